The zero-order valence-electron chi connectivity index (χ0n) is 10.7. The number of carbonyl (C=O) groups is 1. The quantitative estimate of drug-likeness (QED) is 0.307. The molecule has 1 aliphatic rings. The SMILES string of the molecule is C=C/C(=C\C(=C)C)C1(C(O)C(=O)NN)CC(F)(F)C1. The van der Waals surface area contributed by atoms with Crippen LogP contribution in [0.2, 0.25) is 0 Å². The van der Waals surface area contributed by atoms with E-state index in [0.717, 1.165) is 0 Å². The number of halogens is 2. The lowest BCUT2D eigenvalue weighted by molar-refractivity contribution is -0.186. The maximum Gasteiger partial charge on any atom is 0.263 e. The summed E-state index contributed by atoms with van der Waals surface area (Å²) in [6.07, 6.45) is -0.00763. The first-order chi connectivity index (χ1) is 8.68. The van der Waals surface area contributed by atoms with Gasteiger partial charge in [-0.2, -0.15) is 0 Å². The van der Waals surface area contributed by atoms with E-state index in [4.69, 9.17) is 5.84 Å². The number of aliphatic hydroxyl groups is 1. The van der Waals surface area contributed by atoms with Crippen molar-refractivity contribution < 1.29 is 18.7 Å². The molecule has 0 bridgehead atoms. The highest BCUT2D eigenvalue weighted by atomic mass is 19.3. The van der Waals surface area contributed by atoms with Crippen LogP contribution in [-0.2, 0) is 4.79 Å². The van der Waals surface area contributed by atoms with Gasteiger partial charge in [0.15, 0.2) is 0 Å². The van der Waals surface area contributed by atoms with Crippen molar-refractivity contribution in [2.75, 3.05) is 0 Å². The number of nitrogens with two attached hydrogens (primary N) is 1. The van der Waals surface area contributed by atoms with E-state index in [1.165, 1.54) is 12.2 Å². The summed E-state index contributed by atoms with van der Waals surface area (Å²) in [5.41, 5.74) is 1.39. The molecule has 0 radical (unpaired) electrons. The van der Waals surface area contributed by atoms with Crippen LogP contribution >= 0.6 is 0 Å². The Morgan fingerprint density at radius 2 is 2.05 bits per heavy atom. The topological polar surface area (TPSA) is 75.3 Å². The van der Waals surface area contributed by atoms with Crippen molar-refractivity contribution in [3.05, 3.63) is 36.5 Å². The third-order valence-electron chi connectivity index (χ3n) is 3.26. The average Bonchev–Trinajstić information content (AvgIpc) is 2.30. The number of amides is 1. The number of hydrogen-bond acceptors (Lipinski definition) is 3. The van der Waals surface area contributed by atoms with Crippen LogP contribution < -0.4 is 11.3 Å². The summed E-state index contributed by atoms with van der Waals surface area (Å²) in [6.45, 7) is 8.89. The number of alkyl halides is 2. The van der Waals surface area contributed by atoms with Gasteiger partial charge in [-0.15, -0.1) is 0 Å². The Hall–Kier alpha value is -1.53. The molecule has 0 heterocycles. The standard InChI is InChI=1S/C13H18F2N2O2/c1-4-9(5-8(2)3)12(6-13(14,15)7-12)10(18)11(19)17-16/h4-5,10,18H,1-2,6-7,16H2,3H3,(H,17,19)/b9-5+. The Morgan fingerprint density at radius 3 is 2.37 bits per heavy atom. The van der Waals surface area contributed by atoms with Crippen molar-refractivity contribution in [1.29, 1.82) is 0 Å². The van der Waals surface area contributed by atoms with Gasteiger partial charge in [-0.25, -0.2) is 14.6 Å². The number of carbonyl (C=O) groups excluding carboxylic acids is 1. The molecule has 1 amide bonds. The van der Waals surface area contributed by atoms with Crippen molar-refractivity contribution in [2.45, 2.75) is 31.8 Å². The third-order valence-corrected chi connectivity index (χ3v) is 3.26. The molecule has 19 heavy (non-hydrogen) atoms. The summed E-state index contributed by atoms with van der Waals surface area (Å²) < 4.78 is 26.5. The minimum Gasteiger partial charge on any atom is -0.382 e. The first kappa shape index (κ1) is 15.5. The van der Waals surface area contributed by atoms with Crippen molar-refractivity contribution in [3.63, 3.8) is 0 Å². The molecule has 0 aromatic carbocycles. The summed E-state index contributed by atoms with van der Waals surface area (Å²) >= 11 is 0. The monoisotopic (exact) mass is 272 g/mol. The Labute approximate surface area is 110 Å². The molecule has 6 heteroatoms. The van der Waals surface area contributed by atoms with Gasteiger partial charge in [-0.05, 0) is 12.5 Å². The molecular weight excluding hydrogens is 254 g/mol. The summed E-state index contributed by atoms with van der Waals surface area (Å²) in [5.74, 6) is 1.14. The number of aliphatic hydroxyl groups excluding tert-OH is 1. The maximum absolute atomic E-state index is 13.2. The van der Waals surface area contributed by atoms with Crippen LogP contribution in [0.3, 0.4) is 0 Å². The van der Waals surface area contributed by atoms with Gasteiger partial charge in [0, 0.05) is 18.3 Å². The highest BCUT2D eigenvalue weighted by Crippen LogP contribution is 2.58. The molecule has 0 aromatic heterocycles. The fraction of sp³-hybridized carbons (Fsp3) is 0.462. The maximum atomic E-state index is 13.2. The largest absolute Gasteiger partial charge is 0.382 e. The van der Waals surface area contributed by atoms with Crippen molar-refractivity contribution >= 4 is 5.91 Å². The second-order valence-corrected chi connectivity index (χ2v) is 4.93. The summed E-state index contributed by atoms with van der Waals surface area (Å²) in [6, 6.07) is 0. The molecule has 4 nitrogen and oxygen atoms in total. The fourth-order valence-electron chi connectivity index (χ4n) is 2.43. The molecule has 0 saturated heterocycles. The lowest BCUT2D eigenvalue weighted by Gasteiger charge is -2.50. The van der Waals surface area contributed by atoms with Gasteiger partial charge in [0.1, 0.15) is 6.10 Å². The number of allylic oxidation sites excluding steroid dienone is 3. The van der Waals surface area contributed by atoms with E-state index < -0.39 is 36.2 Å². The van der Waals surface area contributed by atoms with Crippen LogP contribution in [0, 0.1) is 5.41 Å². The minimum absolute atomic E-state index is 0.363. The molecule has 0 spiro atoms. The lowest BCUT2D eigenvalue weighted by Crippen LogP contribution is -2.59. The van der Waals surface area contributed by atoms with Crippen LogP contribution in [0.15, 0.2) is 36.5 Å². The van der Waals surface area contributed by atoms with Crippen molar-refractivity contribution in [3.8, 4) is 0 Å². The Kier molecular flexibility index (Phi) is 4.27. The molecule has 1 unspecified atom stereocenters. The average molecular weight is 272 g/mol. The minimum atomic E-state index is -2.91. The smallest absolute Gasteiger partial charge is 0.263 e. The zero-order chi connectivity index (χ0) is 14.8. The number of hydrogen-bond donors (Lipinski definition) is 3. The predicted molar refractivity (Wildman–Crippen MR) is 68.0 cm³/mol. The molecule has 4 N–H and O–H groups in total. The van der Waals surface area contributed by atoms with Gasteiger partial charge in [0.2, 0.25) is 5.92 Å². The molecule has 1 rings (SSSR count). The van der Waals surface area contributed by atoms with E-state index in [2.05, 4.69) is 13.2 Å². The molecule has 0 aromatic rings. The Morgan fingerprint density at radius 1 is 1.53 bits per heavy atom. The Bertz CT molecular complexity index is 436. The summed E-state index contributed by atoms with van der Waals surface area (Å²) in [7, 11) is 0. The van der Waals surface area contributed by atoms with Crippen molar-refractivity contribution in [2.24, 2.45) is 11.3 Å². The van der Waals surface area contributed by atoms with Gasteiger partial charge in [0.05, 0.1) is 0 Å². The van der Waals surface area contributed by atoms with E-state index in [9.17, 15) is 18.7 Å². The van der Waals surface area contributed by atoms with Crippen LogP contribution in [0.1, 0.15) is 19.8 Å². The van der Waals surface area contributed by atoms with Crippen LogP contribution in [0.4, 0.5) is 8.78 Å². The van der Waals surface area contributed by atoms with Crippen molar-refractivity contribution in [1.82, 2.24) is 5.43 Å². The number of rotatable bonds is 5. The highest BCUT2D eigenvalue weighted by molar-refractivity contribution is 5.82. The van der Waals surface area contributed by atoms with E-state index >= 15 is 0 Å². The van der Waals surface area contributed by atoms with Gasteiger partial charge >= 0.3 is 0 Å². The van der Waals surface area contributed by atoms with Crippen LogP contribution in [0.5, 0.6) is 0 Å². The molecule has 1 fully saturated rings. The van der Waals surface area contributed by atoms with Gasteiger partial charge in [-0.3, -0.25) is 10.2 Å². The van der Waals surface area contributed by atoms with Gasteiger partial charge < -0.3 is 5.11 Å². The molecule has 1 saturated carbocycles. The van der Waals surface area contributed by atoms with E-state index in [1.54, 1.807) is 12.3 Å². The van der Waals surface area contributed by atoms with E-state index in [1.807, 2.05) is 0 Å². The van der Waals surface area contributed by atoms with Gasteiger partial charge in [-0.1, -0.05) is 30.9 Å². The first-order valence-electron chi connectivity index (χ1n) is 5.75. The van der Waals surface area contributed by atoms with Gasteiger partial charge in [0.25, 0.3) is 5.91 Å². The lowest BCUT2D eigenvalue weighted by atomic mass is 9.58. The van der Waals surface area contributed by atoms with E-state index in [0.29, 0.717) is 11.1 Å². The third kappa shape index (κ3) is 2.90. The van der Waals surface area contributed by atoms with Crippen LogP contribution in [-0.4, -0.2) is 23.0 Å². The number of nitrogens with one attached hydrogen (secondary N) is 1. The Balaban J connectivity index is 3.19. The fourth-order valence-corrected chi connectivity index (χ4v) is 2.43. The molecule has 1 aliphatic carbocycles. The second-order valence-electron chi connectivity index (χ2n) is 4.93. The molecule has 0 aliphatic heterocycles. The molecule has 106 valence electrons. The normalized spacial score (nSPS) is 22.1. The summed E-state index contributed by atoms with van der Waals surface area (Å²) in [4.78, 5) is 11.5. The molecule has 1 atom stereocenters. The summed E-state index contributed by atoms with van der Waals surface area (Å²) in [5, 5.41) is 9.99. The second kappa shape index (κ2) is 5.22. The first-order valence-corrected chi connectivity index (χ1v) is 5.75. The highest BCUT2D eigenvalue weighted by Gasteiger charge is 2.62. The molecular formula is C13H18F2N2O2. The number of hydrazine groups is 1. The predicted octanol–water partition coefficient (Wildman–Crippen LogP) is 1.44. The zero-order valence-corrected chi connectivity index (χ0v) is 10.7. The van der Waals surface area contributed by atoms with Crippen LogP contribution in [0.25, 0.3) is 0 Å². The van der Waals surface area contributed by atoms with E-state index in [-0.39, 0.29) is 0 Å².